The van der Waals surface area contributed by atoms with E-state index in [0.717, 1.165) is 56.1 Å². The molecular formula is C48H38Cl2N6. The summed E-state index contributed by atoms with van der Waals surface area (Å²) in [5.41, 5.74) is 8.81. The minimum absolute atomic E-state index is 0.497. The van der Waals surface area contributed by atoms with E-state index in [0.29, 0.717) is 33.4 Å². The van der Waals surface area contributed by atoms with Gasteiger partial charge in [0.25, 0.3) is 0 Å². The van der Waals surface area contributed by atoms with Crippen LogP contribution in [0.3, 0.4) is 0 Å². The SMILES string of the molecule is Cc1ccc(N=C(N=C(Nc2ccc(Cl)cc2)c2ccccc2)c2cccc(C(=Nc3ccc(C)cc3)N=C(Nc3ccc(Cl)cc3)c3ccccc3)c2)cc1. The van der Waals surface area contributed by atoms with E-state index >= 15 is 0 Å². The molecule has 0 radical (unpaired) electrons. The van der Waals surface area contributed by atoms with Crippen LogP contribution in [0.2, 0.25) is 10.0 Å². The molecule has 0 saturated heterocycles. The maximum Gasteiger partial charge on any atom is 0.162 e. The van der Waals surface area contributed by atoms with Gasteiger partial charge in [0, 0.05) is 43.7 Å². The molecule has 0 bridgehead atoms. The number of rotatable bonds is 8. The lowest BCUT2D eigenvalue weighted by Gasteiger charge is -2.14. The standard InChI is InChI=1S/C48H38Cl2N6/c1-33-16-24-41(25-17-33)53-47(55-45(35-10-5-3-6-11-35)51-43-28-20-39(49)21-29-43)37-14-9-15-38(32-37)48(54-42-26-18-34(2)19-27-42)56-46(36-12-7-4-8-13-36)52-44-30-22-40(50)23-31-44/h3-32H,1-2H3,(H,51,53,55)(H,52,54,56). The lowest BCUT2D eigenvalue weighted by Crippen LogP contribution is -2.17. The van der Waals surface area contributed by atoms with E-state index in [1.807, 2.05) is 182 Å². The average molecular weight is 770 g/mol. The Bertz CT molecular complexity index is 2330. The van der Waals surface area contributed by atoms with Crippen LogP contribution in [0.5, 0.6) is 0 Å². The van der Waals surface area contributed by atoms with Gasteiger partial charge in [-0.25, -0.2) is 20.0 Å². The number of anilines is 2. The van der Waals surface area contributed by atoms with Crippen LogP contribution in [-0.2, 0) is 0 Å². The molecule has 0 aromatic heterocycles. The zero-order chi connectivity index (χ0) is 38.7. The highest BCUT2D eigenvalue weighted by atomic mass is 35.5. The van der Waals surface area contributed by atoms with E-state index in [-0.39, 0.29) is 0 Å². The Labute approximate surface area is 337 Å². The lowest BCUT2D eigenvalue weighted by atomic mass is 10.1. The van der Waals surface area contributed by atoms with E-state index in [1.165, 1.54) is 0 Å². The molecular weight excluding hydrogens is 731 g/mol. The second-order valence-corrected chi connectivity index (χ2v) is 13.9. The van der Waals surface area contributed by atoms with Crippen LogP contribution in [0.25, 0.3) is 0 Å². The Hall–Kier alpha value is -6.60. The lowest BCUT2D eigenvalue weighted by molar-refractivity contribution is 1.39. The molecule has 0 saturated carbocycles. The molecule has 0 spiro atoms. The maximum atomic E-state index is 6.24. The van der Waals surface area contributed by atoms with Gasteiger partial charge in [-0.05, 0) is 92.7 Å². The van der Waals surface area contributed by atoms with Gasteiger partial charge >= 0.3 is 0 Å². The number of amidine groups is 4. The van der Waals surface area contributed by atoms with Gasteiger partial charge in [0.15, 0.2) is 11.7 Å². The van der Waals surface area contributed by atoms with E-state index in [1.54, 1.807) is 0 Å². The normalized spacial score (nSPS) is 12.4. The minimum Gasteiger partial charge on any atom is -0.340 e. The second-order valence-electron chi connectivity index (χ2n) is 13.0. The number of hydrogen-bond acceptors (Lipinski definition) is 2. The number of aryl methyl sites for hydroxylation is 2. The van der Waals surface area contributed by atoms with Crippen LogP contribution in [0.4, 0.5) is 22.7 Å². The number of benzene rings is 7. The zero-order valence-electron chi connectivity index (χ0n) is 30.9. The summed E-state index contributed by atoms with van der Waals surface area (Å²) in [6.07, 6.45) is 0. The molecule has 0 amide bonds. The average Bonchev–Trinajstić information content (AvgIpc) is 3.23. The van der Waals surface area contributed by atoms with Gasteiger partial charge in [0.2, 0.25) is 0 Å². The van der Waals surface area contributed by atoms with Crippen molar-refractivity contribution in [3.63, 3.8) is 0 Å². The summed E-state index contributed by atoms with van der Waals surface area (Å²) in [5.74, 6) is 2.23. The fraction of sp³-hybridized carbons (Fsp3) is 0.0417. The van der Waals surface area contributed by atoms with E-state index in [2.05, 4.69) is 24.5 Å². The highest BCUT2D eigenvalue weighted by Crippen LogP contribution is 2.23. The molecule has 0 heterocycles. The summed E-state index contributed by atoms with van der Waals surface area (Å²) >= 11 is 12.5. The Balaban J connectivity index is 1.39. The van der Waals surface area contributed by atoms with Crippen molar-refractivity contribution in [1.82, 2.24) is 0 Å². The molecule has 0 fully saturated rings. The third-order valence-electron chi connectivity index (χ3n) is 8.66. The van der Waals surface area contributed by atoms with Crippen LogP contribution in [0.15, 0.2) is 202 Å². The molecule has 7 aromatic carbocycles. The van der Waals surface area contributed by atoms with Crippen LogP contribution < -0.4 is 10.6 Å². The molecule has 274 valence electrons. The van der Waals surface area contributed by atoms with E-state index in [9.17, 15) is 0 Å². The Morgan fingerprint density at radius 1 is 0.393 bits per heavy atom. The van der Waals surface area contributed by atoms with E-state index < -0.39 is 0 Å². The number of aliphatic imine (C=N–C) groups is 4. The summed E-state index contributed by atoms with van der Waals surface area (Å²) in [6, 6.07) is 59.2. The van der Waals surface area contributed by atoms with Crippen molar-refractivity contribution in [2.75, 3.05) is 10.6 Å². The largest absolute Gasteiger partial charge is 0.340 e. The van der Waals surface area contributed by atoms with Crippen molar-refractivity contribution >= 4 is 69.3 Å². The minimum atomic E-state index is 0.497. The third kappa shape index (κ3) is 10.3. The van der Waals surface area contributed by atoms with Crippen molar-refractivity contribution in [1.29, 1.82) is 0 Å². The Morgan fingerprint density at radius 2 is 0.750 bits per heavy atom. The molecule has 0 unspecified atom stereocenters. The quantitative estimate of drug-likeness (QED) is 0.119. The molecule has 0 aliphatic rings. The fourth-order valence-corrected chi connectivity index (χ4v) is 5.91. The molecule has 2 N–H and O–H groups in total. The van der Waals surface area contributed by atoms with Gasteiger partial charge < -0.3 is 10.6 Å². The molecule has 7 rings (SSSR count). The van der Waals surface area contributed by atoms with Crippen LogP contribution in [0.1, 0.15) is 33.4 Å². The number of halogens is 2. The monoisotopic (exact) mass is 768 g/mol. The summed E-state index contributed by atoms with van der Waals surface area (Å²) in [6.45, 7) is 4.11. The first-order chi connectivity index (χ1) is 27.3. The molecule has 8 heteroatoms. The summed E-state index contributed by atoms with van der Waals surface area (Å²) in [5, 5.41) is 8.32. The van der Waals surface area contributed by atoms with Crippen molar-refractivity contribution in [3.05, 3.63) is 225 Å². The topological polar surface area (TPSA) is 73.5 Å². The van der Waals surface area contributed by atoms with Crippen molar-refractivity contribution in [2.24, 2.45) is 20.0 Å². The smallest absolute Gasteiger partial charge is 0.162 e. The number of nitrogens with one attached hydrogen (secondary N) is 2. The summed E-state index contributed by atoms with van der Waals surface area (Å²) in [4.78, 5) is 20.7. The second kappa shape index (κ2) is 18.2. The Kier molecular flexibility index (Phi) is 12.2. The first kappa shape index (κ1) is 37.7. The zero-order valence-corrected chi connectivity index (χ0v) is 32.4. The van der Waals surface area contributed by atoms with Crippen LogP contribution >= 0.6 is 23.2 Å². The van der Waals surface area contributed by atoms with Gasteiger partial charge in [-0.1, -0.05) is 137 Å². The molecule has 7 aromatic rings. The van der Waals surface area contributed by atoms with Crippen LogP contribution in [-0.4, -0.2) is 23.3 Å². The van der Waals surface area contributed by atoms with Crippen molar-refractivity contribution in [3.8, 4) is 0 Å². The highest BCUT2D eigenvalue weighted by Gasteiger charge is 2.14. The van der Waals surface area contributed by atoms with Crippen LogP contribution in [0, 0.1) is 13.8 Å². The predicted molar refractivity (Wildman–Crippen MR) is 237 cm³/mol. The summed E-state index contributed by atoms with van der Waals surface area (Å²) in [7, 11) is 0. The first-order valence-electron chi connectivity index (χ1n) is 18.1. The van der Waals surface area contributed by atoms with Gasteiger partial charge in [0.1, 0.15) is 11.7 Å². The fourth-order valence-electron chi connectivity index (χ4n) is 5.66. The molecule has 0 aliphatic carbocycles. The van der Waals surface area contributed by atoms with Gasteiger partial charge in [-0.2, -0.15) is 0 Å². The van der Waals surface area contributed by atoms with Crippen molar-refractivity contribution < 1.29 is 0 Å². The Morgan fingerprint density at radius 3 is 1.12 bits per heavy atom. The third-order valence-corrected chi connectivity index (χ3v) is 9.16. The highest BCUT2D eigenvalue weighted by molar-refractivity contribution is 6.31. The predicted octanol–water partition coefficient (Wildman–Crippen LogP) is 12.9. The number of nitrogens with zero attached hydrogens (tertiary/aromatic N) is 4. The van der Waals surface area contributed by atoms with E-state index in [4.69, 9.17) is 43.2 Å². The summed E-state index contributed by atoms with van der Waals surface area (Å²) < 4.78 is 0. The molecule has 0 atom stereocenters. The molecule has 56 heavy (non-hydrogen) atoms. The molecule has 6 nitrogen and oxygen atoms in total. The molecule has 0 aliphatic heterocycles. The van der Waals surface area contributed by atoms with Crippen molar-refractivity contribution in [2.45, 2.75) is 13.8 Å². The first-order valence-corrected chi connectivity index (χ1v) is 18.9. The van der Waals surface area contributed by atoms with Gasteiger partial charge in [0.05, 0.1) is 11.4 Å². The van der Waals surface area contributed by atoms with Gasteiger partial charge in [-0.15, -0.1) is 0 Å². The number of hydrogen-bond donors (Lipinski definition) is 2. The maximum absolute atomic E-state index is 6.24. The van der Waals surface area contributed by atoms with Gasteiger partial charge in [-0.3, -0.25) is 0 Å².